The highest BCUT2D eigenvalue weighted by atomic mass is 16.5. The Bertz CT molecular complexity index is 749. The van der Waals surface area contributed by atoms with Crippen LogP contribution in [0.5, 0.6) is 17.2 Å². The molecule has 0 unspecified atom stereocenters. The number of methoxy groups -OCH3 is 2. The summed E-state index contributed by atoms with van der Waals surface area (Å²) in [6.45, 7) is 2.12. The number of amides is 1. The molecule has 0 saturated carbocycles. The van der Waals surface area contributed by atoms with Crippen LogP contribution in [0.15, 0.2) is 48.5 Å². The van der Waals surface area contributed by atoms with Gasteiger partial charge in [0.1, 0.15) is 17.2 Å². The Hall–Kier alpha value is -2.69. The van der Waals surface area contributed by atoms with E-state index in [1.54, 1.807) is 14.2 Å². The lowest BCUT2D eigenvalue weighted by atomic mass is 9.90. The van der Waals surface area contributed by atoms with Crippen molar-refractivity contribution in [1.29, 1.82) is 0 Å². The van der Waals surface area contributed by atoms with Crippen LogP contribution < -0.4 is 14.2 Å². The van der Waals surface area contributed by atoms with Gasteiger partial charge < -0.3 is 19.1 Å². The lowest BCUT2D eigenvalue weighted by molar-refractivity contribution is -0.133. The van der Waals surface area contributed by atoms with Crippen molar-refractivity contribution in [2.45, 2.75) is 32.1 Å². The summed E-state index contributed by atoms with van der Waals surface area (Å²) in [5, 5.41) is 0. The van der Waals surface area contributed by atoms with E-state index in [2.05, 4.69) is 12.1 Å². The molecule has 1 aliphatic heterocycles. The van der Waals surface area contributed by atoms with E-state index in [1.165, 1.54) is 12.0 Å². The van der Waals surface area contributed by atoms with Crippen molar-refractivity contribution in [3.63, 3.8) is 0 Å². The second-order valence-electron chi connectivity index (χ2n) is 7.48. The third kappa shape index (κ3) is 6.41. The number of rotatable bonds is 9. The second-order valence-corrected chi connectivity index (χ2v) is 7.48. The van der Waals surface area contributed by atoms with Crippen LogP contribution in [0.25, 0.3) is 0 Å². The monoisotopic (exact) mass is 397 g/mol. The van der Waals surface area contributed by atoms with E-state index >= 15 is 0 Å². The molecule has 2 aromatic rings. The van der Waals surface area contributed by atoms with Crippen LogP contribution in [0.2, 0.25) is 0 Å². The fraction of sp³-hybridized carbons (Fsp3) is 0.458. The molecule has 0 spiro atoms. The lowest BCUT2D eigenvalue weighted by Crippen LogP contribution is -2.39. The fourth-order valence-corrected chi connectivity index (χ4v) is 3.72. The summed E-state index contributed by atoms with van der Waals surface area (Å²) in [6, 6.07) is 15.7. The Labute approximate surface area is 173 Å². The normalized spacial score (nSPS) is 14.5. The number of carbonyl (C=O) groups is 1. The van der Waals surface area contributed by atoms with E-state index in [-0.39, 0.29) is 5.91 Å². The van der Waals surface area contributed by atoms with Gasteiger partial charge in [-0.2, -0.15) is 0 Å². The van der Waals surface area contributed by atoms with Gasteiger partial charge in [0.05, 0.1) is 27.2 Å². The van der Waals surface area contributed by atoms with Crippen molar-refractivity contribution >= 4 is 5.91 Å². The highest BCUT2D eigenvalue weighted by Crippen LogP contribution is 2.24. The minimum Gasteiger partial charge on any atom is -0.497 e. The zero-order valence-corrected chi connectivity index (χ0v) is 17.4. The zero-order valence-electron chi connectivity index (χ0n) is 17.4. The van der Waals surface area contributed by atoms with E-state index in [1.807, 2.05) is 41.3 Å². The SMILES string of the molecule is COc1ccc(CCC2CCN(C(=O)CCOc3ccc(OC)cc3)CC2)cc1. The second kappa shape index (κ2) is 10.7. The molecule has 1 heterocycles. The minimum absolute atomic E-state index is 0.187. The van der Waals surface area contributed by atoms with E-state index in [4.69, 9.17) is 14.2 Å². The van der Waals surface area contributed by atoms with Crippen LogP contribution >= 0.6 is 0 Å². The molecule has 2 aromatic carbocycles. The number of hydrogen-bond acceptors (Lipinski definition) is 4. The molecule has 0 atom stereocenters. The lowest BCUT2D eigenvalue weighted by Gasteiger charge is -2.32. The number of hydrogen-bond donors (Lipinski definition) is 0. The average Bonchev–Trinajstić information content (AvgIpc) is 2.78. The Balaban J connectivity index is 1.33. The third-order valence-electron chi connectivity index (χ3n) is 5.61. The van der Waals surface area contributed by atoms with Gasteiger partial charge in [-0.25, -0.2) is 0 Å². The molecule has 0 bridgehead atoms. The van der Waals surface area contributed by atoms with Crippen LogP contribution in [0.4, 0.5) is 0 Å². The molecular formula is C24H31NO4. The minimum atomic E-state index is 0.187. The number of piperidine rings is 1. The third-order valence-corrected chi connectivity index (χ3v) is 5.61. The summed E-state index contributed by atoms with van der Waals surface area (Å²) >= 11 is 0. The average molecular weight is 398 g/mol. The van der Waals surface area contributed by atoms with Crippen LogP contribution in [0.3, 0.4) is 0 Å². The molecule has 5 nitrogen and oxygen atoms in total. The van der Waals surface area contributed by atoms with Gasteiger partial charge in [-0.3, -0.25) is 4.79 Å². The Morgan fingerprint density at radius 3 is 2.03 bits per heavy atom. The van der Waals surface area contributed by atoms with Crippen LogP contribution in [-0.4, -0.2) is 44.7 Å². The van der Waals surface area contributed by atoms with Crippen molar-refractivity contribution in [2.75, 3.05) is 33.9 Å². The largest absolute Gasteiger partial charge is 0.497 e. The highest BCUT2D eigenvalue weighted by molar-refractivity contribution is 5.76. The van der Waals surface area contributed by atoms with Crippen molar-refractivity contribution in [3.8, 4) is 17.2 Å². The maximum Gasteiger partial charge on any atom is 0.225 e. The summed E-state index contributed by atoms with van der Waals surface area (Å²) in [6.07, 6.45) is 4.85. The van der Waals surface area contributed by atoms with Crippen molar-refractivity contribution in [3.05, 3.63) is 54.1 Å². The number of likely N-dealkylation sites (tertiary alicyclic amines) is 1. The summed E-state index contributed by atoms with van der Waals surface area (Å²) in [5.41, 5.74) is 1.35. The van der Waals surface area contributed by atoms with Crippen molar-refractivity contribution < 1.29 is 19.0 Å². The molecule has 1 amide bonds. The quantitative estimate of drug-likeness (QED) is 0.631. The summed E-state index contributed by atoms with van der Waals surface area (Å²) < 4.78 is 16.0. The van der Waals surface area contributed by atoms with Gasteiger partial charge in [-0.05, 0) is 73.6 Å². The maximum atomic E-state index is 12.4. The van der Waals surface area contributed by atoms with E-state index < -0.39 is 0 Å². The van der Waals surface area contributed by atoms with E-state index in [0.717, 1.165) is 49.6 Å². The number of benzene rings is 2. The molecule has 1 saturated heterocycles. The first-order valence-electron chi connectivity index (χ1n) is 10.4. The molecular weight excluding hydrogens is 366 g/mol. The van der Waals surface area contributed by atoms with Gasteiger partial charge in [0.2, 0.25) is 5.91 Å². The van der Waals surface area contributed by atoms with Crippen LogP contribution in [0.1, 0.15) is 31.2 Å². The molecule has 0 radical (unpaired) electrons. The fourth-order valence-electron chi connectivity index (χ4n) is 3.72. The molecule has 29 heavy (non-hydrogen) atoms. The predicted octanol–water partition coefficient (Wildman–Crippen LogP) is 4.34. The summed E-state index contributed by atoms with van der Waals surface area (Å²) in [7, 11) is 3.33. The van der Waals surface area contributed by atoms with Crippen molar-refractivity contribution in [2.24, 2.45) is 5.92 Å². The first-order valence-corrected chi connectivity index (χ1v) is 10.4. The molecule has 1 aliphatic rings. The topological polar surface area (TPSA) is 48.0 Å². The molecule has 156 valence electrons. The molecule has 0 aliphatic carbocycles. The zero-order chi connectivity index (χ0) is 20.5. The highest BCUT2D eigenvalue weighted by Gasteiger charge is 2.22. The van der Waals surface area contributed by atoms with E-state index in [0.29, 0.717) is 18.9 Å². The first kappa shape index (κ1) is 21.0. The van der Waals surface area contributed by atoms with Gasteiger partial charge in [0.25, 0.3) is 0 Å². The predicted molar refractivity (Wildman–Crippen MR) is 114 cm³/mol. The Morgan fingerprint density at radius 2 is 1.45 bits per heavy atom. The smallest absolute Gasteiger partial charge is 0.225 e. The number of carbonyl (C=O) groups excluding carboxylic acids is 1. The van der Waals surface area contributed by atoms with Gasteiger partial charge in [-0.15, -0.1) is 0 Å². The Morgan fingerprint density at radius 1 is 0.897 bits per heavy atom. The first-order chi connectivity index (χ1) is 14.2. The molecule has 0 aromatic heterocycles. The standard InChI is InChI=1S/C24H31NO4/c1-27-21-7-5-19(6-8-21)3-4-20-13-16-25(17-14-20)24(26)15-18-29-23-11-9-22(28-2)10-12-23/h5-12,20H,3-4,13-18H2,1-2H3. The number of nitrogens with zero attached hydrogens (tertiary/aromatic N) is 1. The number of aryl methyl sites for hydroxylation is 1. The van der Waals surface area contributed by atoms with Crippen LogP contribution in [0, 0.1) is 5.92 Å². The molecule has 1 fully saturated rings. The molecule has 5 heteroatoms. The van der Waals surface area contributed by atoms with Gasteiger partial charge in [0.15, 0.2) is 0 Å². The summed E-state index contributed by atoms with van der Waals surface area (Å²) in [5.74, 6) is 3.33. The maximum absolute atomic E-state index is 12.4. The Kier molecular flexibility index (Phi) is 7.79. The molecule has 0 N–H and O–H groups in total. The van der Waals surface area contributed by atoms with Gasteiger partial charge >= 0.3 is 0 Å². The van der Waals surface area contributed by atoms with Gasteiger partial charge in [-0.1, -0.05) is 12.1 Å². The summed E-state index contributed by atoms with van der Waals surface area (Å²) in [4.78, 5) is 14.4. The van der Waals surface area contributed by atoms with Crippen LogP contribution in [-0.2, 0) is 11.2 Å². The van der Waals surface area contributed by atoms with E-state index in [9.17, 15) is 4.79 Å². The molecule has 3 rings (SSSR count). The number of ether oxygens (including phenoxy) is 3. The van der Waals surface area contributed by atoms with Crippen molar-refractivity contribution in [1.82, 2.24) is 4.90 Å². The van der Waals surface area contributed by atoms with Gasteiger partial charge in [0, 0.05) is 13.1 Å².